The summed E-state index contributed by atoms with van der Waals surface area (Å²) in [4.78, 5) is 39.7. The van der Waals surface area contributed by atoms with Crippen molar-refractivity contribution in [3.8, 4) is 0 Å². The number of hydrogen-bond acceptors (Lipinski definition) is 7. The van der Waals surface area contributed by atoms with Crippen molar-refractivity contribution in [3.63, 3.8) is 0 Å². The van der Waals surface area contributed by atoms with E-state index in [4.69, 9.17) is 13.8 Å². The van der Waals surface area contributed by atoms with Crippen molar-refractivity contribution in [1.29, 1.82) is 0 Å². The minimum Gasteiger partial charge on any atom is -0.756 e. The topological polar surface area (TPSA) is 114 Å². The van der Waals surface area contributed by atoms with Gasteiger partial charge in [-0.1, -0.05) is 239 Å². The molecule has 380 valence electrons. The minimum atomic E-state index is -4.68. The lowest BCUT2D eigenvalue weighted by Crippen LogP contribution is -2.47. The first-order valence-corrected chi connectivity index (χ1v) is 29.0. The van der Waals surface area contributed by atoms with Crippen LogP contribution >= 0.6 is 7.82 Å². The van der Waals surface area contributed by atoms with Crippen LogP contribution in [0.15, 0.2) is 12.2 Å². The largest absolute Gasteiger partial charge is 0.756 e. The summed E-state index contributed by atoms with van der Waals surface area (Å²) >= 11 is 0. The van der Waals surface area contributed by atoms with E-state index in [-0.39, 0.29) is 31.5 Å². The van der Waals surface area contributed by atoms with Gasteiger partial charge in [-0.2, -0.15) is 0 Å². The Hall–Kier alpha value is -1.25. The maximum Gasteiger partial charge on any atom is 0.306 e. The second kappa shape index (κ2) is 45.5. The fraction of sp³-hybridized carbons (Fsp3) is 0.926. The van der Waals surface area contributed by atoms with E-state index >= 15 is 0 Å². The molecule has 0 aliphatic rings. The maximum absolute atomic E-state index is 13.4. The number of hydrogen-bond donors (Lipinski definition) is 1. The van der Waals surface area contributed by atoms with Crippen molar-refractivity contribution in [1.82, 2.24) is 5.32 Å². The Morgan fingerprint density at radius 3 is 1.28 bits per heavy atom. The van der Waals surface area contributed by atoms with Crippen LogP contribution in [0, 0.1) is 0 Å². The standard InChI is InChI=1S/C54H107N2O7P/c1-7-10-13-16-19-22-25-27-28-29-32-34-37-40-43-46-53(57)55-51(50-62-64(59,60)61-49-48-56(4,5)6)52(45-42-39-36-33-31-26-23-20-17-14-11-8-2)63-54(58)47-44-41-38-35-30-24-21-18-15-12-9-3/h42,45,51-52H,7-41,43-44,46-50H2,1-6H3,(H-,55,57,59,60)/b45-42+. The molecule has 3 atom stereocenters. The van der Waals surface area contributed by atoms with Crippen molar-refractivity contribution < 1.29 is 37.3 Å². The molecule has 1 amide bonds. The Bertz CT molecular complexity index is 1110. The lowest BCUT2D eigenvalue weighted by atomic mass is 10.0. The van der Waals surface area contributed by atoms with Crippen molar-refractivity contribution in [2.45, 2.75) is 283 Å². The van der Waals surface area contributed by atoms with Gasteiger partial charge in [-0.3, -0.25) is 14.2 Å². The molecule has 3 unspecified atom stereocenters. The smallest absolute Gasteiger partial charge is 0.306 e. The number of unbranched alkanes of at least 4 members (excludes halogenated alkanes) is 34. The predicted octanol–water partition coefficient (Wildman–Crippen LogP) is 15.4. The molecule has 0 aliphatic heterocycles. The molecule has 0 aromatic carbocycles. The van der Waals surface area contributed by atoms with Crippen LogP contribution in [0.5, 0.6) is 0 Å². The van der Waals surface area contributed by atoms with Gasteiger partial charge in [0.15, 0.2) is 0 Å². The van der Waals surface area contributed by atoms with Gasteiger partial charge in [0.25, 0.3) is 7.82 Å². The van der Waals surface area contributed by atoms with E-state index in [9.17, 15) is 19.0 Å². The molecule has 0 saturated heterocycles. The highest BCUT2D eigenvalue weighted by Crippen LogP contribution is 2.38. The van der Waals surface area contributed by atoms with Gasteiger partial charge in [0.2, 0.25) is 5.91 Å². The zero-order chi connectivity index (χ0) is 47.3. The highest BCUT2D eigenvalue weighted by Gasteiger charge is 2.27. The van der Waals surface area contributed by atoms with Crippen LogP contribution in [0.1, 0.15) is 271 Å². The fourth-order valence-electron chi connectivity index (χ4n) is 8.17. The Balaban J connectivity index is 5.34. The Kier molecular flexibility index (Phi) is 44.6. The third kappa shape index (κ3) is 45.9. The number of nitrogens with one attached hydrogen (secondary N) is 1. The number of phosphoric ester groups is 1. The molecule has 0 aromatic rings. The Labute approximate surface area is 397 Å². The van der Waals surface area contributed by atoms with Gasteiger partial charge in [-0.05, 0) is 31.8 Å². The first-order chi connectivity index (χ1) is 30.9. The molecule has 0 fully saturated rings. The van der Waals surface area contributed by atoms with Crippen LogP contribution in [0.2, 0.25) is 0 Å². The molecule has 10 heteroatoms. The summed E-state index contributed by atoms with van der Waals surface area (Å²) in [6.45, 7) is 6.85. The first kappa shape index (κ1) is 62.8. The molecule has 0 aliphatic carbocycles. The molecule has 64 heavy (non-hydrogen) atoms. The highest BCUT2D eigenvalue weighted by atomic mass is 31.2. The van der Waals surface area contributed by atoms with E-state index in [2.05, 4.69) is 26.1 Å². The number of rotatable bonds is 50. The predicted molar refractivity (Wildman–Crippen MR) is 270 cm³/mol. The molecule has 0 aromatic heterocycles. The molecular formula is C54H107N2O7P. The molecule has 0 radical (unpaired) electrons. The van der Waals surface area contributed by atoms with Crippen LogP contribution in [0.3, 0.4) is 0 Å². The third-order valence-electron chi connectivity index (χ3n) is 12.5. The van der Waals surface area contributed by atoms with Crippen molar-refractivity contribution in [2.75, 3.05) is 40.9 Å². The van der Waals surface area contributed by atoms with E-state index in [0.29, 0.717) is 17.4 Å². The number of likely N-dealkylation sites (N-methyl/N-ethyl adjacent to an activating group) is 1. The van der Waals surface area contributed by atoms with Crippen LogP contribution in [-0.2, 0) is 27.9 Å². The van der Waals surface area contributed by atoms with Gasteiger partial charge in [0.1, 0.15) is 19.3 Å². The SMILES string of the molecule is CCCCCCCCCCCC/C=C/C(OC(=O)CCCCCCCCCCCCC)C(COP(=O)([O-])OCC[N+](C)(C)C)NC(=O)CCCCCCCCCCCCCCCCC. The van der Waals surface area contributed by atoms with Gasteiger partial charge < -0.3 is 28.5 Å². The number of ether oxygens (including phenoxy) is 1. The number of esters is 1. The number of nitrogens with zero attached hydrogens (tertiary/aromatic N) is 1. The lowest BCUT2D eigenvalue weighted by Gasteiger charge is -2.30. The minimum absolute atomic E-state index is 0.0172. The molecule has 0 spiro atoms. The molecule has 1 N–H and O–H groups in total. The van der Waals surface area contributed by atoms with Crippen LogP contribution in [0.4, 0.5) is 0 Å². The average Bonchev–Trinajstić information content (AvgIpc) is 3.25. The zero-order valence-corrected chi connectivity index (χ0v) is 44.2. The molecule has 0 bridgehead atoms. The van der Waals surface area contributed by atoms with Gasteiger partial charge in [0, 0.05) is 12.8 Å². The van der Waals surface area contributed by atoms with Crippen LogP contribution < -0.4 is 10.2 Å². The summed E-state index contributed by atoms with van der Waals surface area (Å²) in [5.41, 5.74) is 0. The van der Waals surface area contributed by atoms with E-state index in [1.807, 2.05) is 33.3 Å². The van der Waals surface area contributed by atoms with E-state index in [1.54, 1.807) is 0 Å². The number of quaternary nitrogens is 1. The fourth-order valence-corrected chi connectivity index (χ4v) is 8.89. The molecular weight excluding hydrogens is 820 g/mol. The zero-order valence-electron chi connectivity index (χ0n) is 43.3. The first-order valence-electron chi connectivity index (χ1n) is 27.5. The number of carbonyl (C=O) groups is 2. The van der Waals surface area contributed by atoms with E-state index in [0.717, 1.165) is 57.8 Å². The summed E-state index contributed by atoms with van der Waals surface area (Å²) in [6, 6.07) is -0.877. The molecule has 9 nitrogen and oxygen atoms in total. The van der Waals surface area contributed by atoms with Crippen molar-refractivity contribution in [3.05, 3.63) is 12.2 Å². The number of carbonyl (C=O) groups excluding carboxylic acids is 2. The second-order valence-electron chi connectivity index (χ2n) is 20.1. The summed E-state index contributed by atoms with van der Waals surface area (Å²) in [5.74, 6) is -0.528. The highest BCUT2D eigenvalue weighted by molar-refractivity contribution is 7.45. The van der Waals surface area contributed by atoms with Gasteiger partial charge in [-0.25, -0.2) is 0 Å². The lowest BCUT2D eigenvalue weighted by molar-refractivity contribution is -0.870. The monoisotopic (exact) mass is 927 g/mol. The second-order valence-corrected chi connectivity index (χ2v) is 21.5. The summed E-state index contributed by atoms with van der Waals surface area (Å²) in [6.07, 6.45) is 48.8. The number of amides is 1. The Morgan fingerprint density at radius 2 is 0.891 bits per heavy atom. The van der Waals surface area contributed by atoms with Gasteiger partial charge in [0.05, 0.1) is 33.8 Å². The molecule has 0 heterocycles. The Morgan fingerprint density at radius 1 is 0.531 bits per heavy atom. The van der Waals surface area contributed by atoms with E-state index < -0.39 is 20.0 Å². The third-order valence-corrected chi connectivity index (χ3v) is 13.4. The van der Waals surface area contributed by atoms with Crippen LogP contribution in [0.25, 0.3) is 0 Å². The summed E-state index contributed by atoms with van der Waals surface area (Å²) in [7, 11) is 1.20. The average molecular weight is 927 g/mol. The number of allylic oxidation sites excluding steroid dienone is 1. The quantitative estimate of drug-likeness (QED) is 0.0212. The van der Waals surface area contributed by atoms with Crippen LogP contribution in [-0.4, -0.2) is 69.4 Å². The summed E-state index contributed by atoms with van der Waals surface area (Å²) < 4.78 is 30.2. The van der Waals surface area contributed by atoms with E-state index in [1.165, 1.54) is 180 Å². The molecule has 0 rings (SSSR count). The normalized spacial score (nSPS) is 13.9. The number of phosphoric acid groups is 1. The van der Waals surface area contributed by atoms with Crippen molar-refractivity contribution >= 4 is 19.7 Å². The van der Waals surface area contributed by atoms with Gasteiger partial charge in [-0.15, -0.1) is 0 Å². The summed E-state index contributed by atoms with van der Waals surface area (Å²) in [5, 5.41) is 3.02. The molecule has 0 saturated carbocycles. The van der Waals surface area contributed by atoms with Gasteiger partial charge >= 0.3 is 5.97 Å². The maximum atomic E-state index is 13.4. The van der Waals surface area contributed by atoms with Crippen molar-refractivity contribution in [2.24, 2.45) is 0 Å².